The Morgan fingerprint density at radius 3 is 2.29 bits per heavy atom. The van der Waals surface area contributed by atoms with Crippen molar-refractivity contribution in [1.82, 2.24) is 5.32 Å². The van der Waals surface area contributed by atoms with Crippen LogP contribution in [0.25, 0.3) is 0 Å². The molecule has 0 aliphatic heterocycles. The minimum absolute atomic E-state index is 0.211. The van der Waals surface area contributed by atoms with Crippen LogP contribution in [0, 0.1) is 16.0 Å². The number of carbonyl (C=O) groups is 1. The van der Waals surface area contributed by atoms with Crippen LogP contribution in [0.1, 0.15) is 46.6 Å². The van der Waals surface area contributed by atoms with Gasteiger partial charge in [-0.3, -0.25) is 10.1 Å². The molecule has 6 nitrogen and oxygen atoms in total. The highest BCUT2D eigenvalue weighted by atomic mass is 16.6. The minimum atomic E-state index is -0.901. The van der Waals surface area contributed by atoms with Gasteiger partial charge in [-0.15, -0.1) is 0 Å². The first kappa shape index (κ1) is 19.9. The number of rotatable bonds is 7. The molecule has 6 heteroatoms. The molecule has 0 saturated heterocycles. The van der Waals surface area contributed by atoms with E-state index in [4.69, 9.17) is 4.74 Å². The number of hydrogen-bond acceptors (Lipinski definition) is 4. The van der Waals surface area contributed by atoms with Gasteiger partial charge in [0.05, 0.1) is 0 Å². The van der Waals surface area contributed by atoms with E-state index in [1.165, 1.54) is 0 Å². The minimum Gasteiger partial charge on any atom is -0.444 e. The van der Waals surface area contributed by atoms with Crippen molar-refractivity contribution in [2.45, 2.75) is 65.1 Å². The second-order valence-corrected chi connectivity index (χ2v) is 7.42. The molecule has 24 heavy (non-hydrogen) atoms. The first-order valence-corrected chi connectivity index (χ1v) is 8.25. The fourth-order valence-electron chi connectivity index (χ4n) is 2.50. The van der Waals surface area contributed by atoms with Crippen LogP contribution in [0.3, 0.4) is 0 Å². The van der Waals surface area contributed by atoms with Crippen LogP contribution in [-0.4, -0.2) is 28.7 Å². The molecule has 0 bridgehead atoms. The summed E-state index contributed by atoms with van der Waals surface area (Å²) in [5.41, 5.74) is 0.231. The Kier molecular flexibility index (Phi) is 7.19. The average molecular weight is 336 g/mol. The third kappa shape index (κ3) is 7.44. The summed E-state index contributed by atoms with van der Waals surface area (Å²) in [5, 5.41) is 14.3. The number of carbonyl (C=O) groups excluding carboxylic acids is 1. The van der Waals surface area contributed by atoms with Crippen LogP contribution in [0.2, 0.25) is 0 Å². The Balaban J connectivity index is 2.92. The summed E-state index contributed by atoms with van der Waals surface area (Å²) in [6.07, 6.45) is 0.159. The van der Waals surface area contributed by atoms with Crippen molar-refractivity contribution < 1.29 is 14.5 Å². The Labute approximate surface area is 143 Å². The van der Waals surface area contributed by atoms with E-state index in [1.807, 2.05) is 44.2 Å². The second-order valence-electron chi connectivity index (χ2n) is 7.42. The molecule has 0 aromatic heterocycles. The van der Waals surface area contributed by atoms with Crippen molar-refractivity contribution in [1.29, 1.82) is 0 Å². The fourth-order valence-corrected chi connectivity index (χ4v) is 2.50. The summed E-state index contributed by atoms with van der Waals surface area (Å²) >= 11 is 0. The number of hydrogen-bond donors (Lipinski definition) is 1. The van der Waals surface area contributed by atoms with Crippen molar-refractivity contribution in [3.63, 3.8) is 0 Å². The Hall–Kier alpha value is -2.11. The van der Waals surface area contributed by atoms with Crippen molar-refractivity contribution in [3.05, 3.63) is 46.0 Å². The zero-order chi connectivity index (χ0) is 18.3. The molecule has 0 spiro atoms. The lowest BCUT2D eigenvalue weighted by Gasteiger charge is -2.26. The molecule has 1 amide bonds. The first-order chi connectivity index (χ1) is 11.1. The van der Waals surface area contributed by atoms with Gasteiger partial charge in [-0.25, -0.2) is 4.79 Å². The maximum Gasteiger partial charge on any atom is 0.408 e. The smallest absolute Gasteiger partial charge is 0.408 e. The molecule has 1 N–H and O–H groups in total. The highest BCUT2D eigenvalue weighted by Crippen LogP contribution is 2.16. The summed E-state index contributed by atoms with van der Waals surface area (Å²) in [6, 6.07) is 7.80. The second kappa shape index (κ2) is 8.66. The molecule has 1 rings (SSSR count). The van der Waals surface area contributed by atoms with Gasteiger partial charge in [0, 0.05) is 11.3 Å². The van der Waals surface area contributed by atoms with Gasteiger partial charge >= 0.3 is 6.09 Å². The standard InChI is InChI=1S/C18H28N2O4/c1-13(2)11-15(19-17(21)24-18(3,4)5)16(20(22)23)12-14-9-7-6-8-10-14/h6-10,13,15-16H,11-12H2,1-5H3,(H,19,21)/t15-,16+/m0/s1. The van der Waals surface area contributed by atoms with Gasteiger partial charge in [-0.05, 0) is 38.7 Å². The number of nitrogens with one attached hydrogen (secondary N) is 1. The van der Waals surface area contributed by atoms with Crippen LogP contribution in [0.15, 0.2) is 30.3 Å². The summed E-state index contributed by atoms with van der Waals surface area (Å²) in [6.45, 7) is 9.24. The van der Waals surface area contributed by atoms with Crippen molar-refractivity contribution in [3.8, 4) is 0 Å². The molecule has 0 fully saturated rings. The zero-order valence-electron chi connectivity index (χ0n) is 15.1. The lowest BCUT2D eigenvalue weighted by molar-refractivity contribution is -0.526. The average Bonchev–Trinajstić information content (AvgIpc) is 2.42. The lowest BCUT2D eigenvalue weighted by atomic mass is 9.93. The summed E-state index contributed by atoms with van der Waals surface area (Å²) < 4.78 is 5.26. The number of nitrogens with zero attached hydrogens (tertiary/aromatic N) is 1. The number of nitro groups is 1. The predicted octanol–water partition coefficient (Wildman–Crippen LogP) is 3.81. The molecule has 0 aliphatic carbocycles. The molecule has 0 saturated carbocycles. The molecular formula is C18H28N2O4. The van der Waals surface area contributed by atoms with Crippen molar-refractivity contribution in [2.24, 2.45) is 5.92 Å². The van der Waals surface area contributed by atoms with E-state index in [1.54, 1.807) is 20.8 Å². The molecule has 0 aliphatic rings. The maximum absolute atomic E-state index is 12.1. The maximum atomic E-state index is 12.1. The topological polar surface area (TPSA) is 81.5 Å². The van der Waals surface area contributed by atoms with Crippen LogP contribution in [-0.2, 0) is 11.2 Å². The molecule has 1 aromatic carbocycles. The molecule has 134 valence electrons. The number of alkyl carbamates (subject to hydrolysis) is 1. The molecule has 2 atom stereocenters. The van der Waals surface area contributed by atoms with Gasteiger partial charge in [0.1, 0.15) is 11.6 Å². The quantitative estimate of drug-likeness (QED) is 0.606. The largest absolute Gasteiger partial charge is 0.444 e. The van der Waals surface area contributed by atoms with Crippen LogP contribution < -0.4 is 5.32 Å². The highest BCUT2D eigenvalue weighted by molar-refractivity contribution is 5.68. The summed E-state index contributed by atoms with van der Waals surface area (Å²) in [5.74, 6) is 0.211. The third-order valence-corrected chi connectivity index (χ3v) is 3.45. The molecule has 0 heterocycles. The molecule has 0 radical (unpaired) electrons. The van der Waals surface area contributed by atoms with Gasteiger partial charge in [-0.2, -0.15) is 0 Å². The SMILES string of the molecule is CC(C)C[C@H](NC(=O)OC(C)(C)C)[C@@H](Cc1ccccc1)[N+](=O)[O-]. The Morgan fingerprint density at radius 2 is 1.83 bits per heavy atom. The monoisotopic (exact) mass is 336 g/mol. The lowest BCUT2D eigenvalue weighted by Crippen LogP contribution is -2.49. The van der Waals surface area contributed by atoms with E-state index < -0.39 is 23.8 Å². The van der Waals surface area contributed by atoms with Gasteiger partial charge in [0.15, 0.2) is 0 Å². The number of ether oxygens (including phenoxy) is 1. The number of benzene rings is 1. The van der Waals surface area contributed by atoms with Crippen molar-refractivity contribution in [2.75, 3.05) is 0 Å². The van der Waals surface area contributed by atoms with E-state index in [2.05, 4.69) is 5.32 Å². The van der Waals surface area contributed by atoms with Gasteiger partial charge in [0.2, 0.25) is 6.04 Å². The third-order valence-electron chi connectivity index (χ3n) is 3.45. The normalized spacial score (nSPS) is 14.1. The van der Waals surface area contributed by atoms with Gasteiger partial charge in [0.25, 0.3) is 0 Å². The summed E-state index contributed by atoms with van der Waals surface area (Å²) in [4.78, 5) is 23.4. The van der Waals surface area contributed by atoms with Crippen LogP contribution in [0.5, 0.6) is 0 Å². The Bertz CT molecular complexity index is 538. The Morgan fingerprint density at radius 1 is 1.25 bits per heavy atom. The van der Waals surface area contributed by atoms with Crippen LogP contribution in [0.4, 0.5) is 4.79 Å². The van der Waals surface area contributed by atoms with E-state index >= 15 is 0 Å². The van der Waals surface area contributed by atoms with E-state index in [0.717, 1.165) is 5.56 Å². The van der Waals surface area contributed by atoms with Crippen molar-refractivity contribution >= 4 is 6.09 Å². The molecular weight excluding hydrogens is 308 g/mol. The fraction of sp³-hybridized carbons (Fsp3) is 0.611. The summed E-state index contributed by atoms with van der Waals surface area (Å²) in [7, 11) is 0. The number of amides is 1. The van der Waals surface area contributed by atoms with Crippen LogP contribution >= 0.6 is 0 Å². The molecule has 0 unspecified atom stereocenters. The van der Waals surface area contributed by atoms with E-state index in [-0.39, 0.29) is 17.3 Å². The zero-order valence-corrected chi connectivity index (χ0v) is 15.1. The van der Waals surface area contributed by atoms with E-state index in [0.29, 0.717) is 6.42 Å². The molecule has 1 aromatic rings. The van der Waals surface area contributed by atoms with Gasteiger partial charge in [-0.1, -0.05) is 44.2 Å². The van der Waals surface area contributed by atoms with Gasteiger partial charge < -0.3 is 10.1 Å². The van der Waals surface area contributed by atoms with E-state index in [9.17, 15) is 14.9 Å². The predicted molar refractivity (Wildman–Crippen MR) is 93.5 cm³/mol. The first-order valence-electron chi connectivity index (χ1n) is 8.25. The highest BCUT2D eigenvalue weighted by Gasteiger charge is 2.34.